The van der Waals surface area contributed by atoms with Crippen molar-refractivity contribution in [2.75, 3.05) is 32.2 Å². The maximum atomic E-state index is 12.7. The summed E-state index contributed by atoms with van der Waals surface area (Å²) in [6.07, 6.45) is 3.15. The van der Waals surface area contributed by atoms with Crippen LogP contribution in [0.25, 0.3) is 0 Å². The number of thiophene rings is 1. The molecule has 31 heavy (non-hydrogen) atoms. The van der Waals surface area contributed by atoms with Gasteiger partial charge in [-0.15, -0.1) is 11.3 Å². The molecule has 1 aromatic heterocycles. The summed E-state index contributed by atoms with van der Waals surface area (Å²) in [6.45, 7) is 2.13. The third kappa shape index (κ3) is 5.49. The molecule has 2 amide bonds. The van der Waals surface area contributed by atoms with Crippen LogP contribution in [0.1, 0.15) is 55.6 Å². The van der Waals surface area contributed by atoms with E-state index in [1.807, 2.05) is 17.4 Å². The summed E-state index contributed by atoms with van der Waals surface area (Å²) in [7, 11) is 1.50. The Bertz CT molecular complexity index is 972. The van der Waals surface area contributed by atoms with Gasteiger partial charge in [-0.25, -0.2) is 4.79 Å². The number of amides is 2. The second-order valence-electron chi connectivity index (χ2n) is 7.44. The van der Waals surface area contributed by atoms with Gasteiger partial charge in [-0.3, -0.25) is 9.59 Å². The normalized spacial score (nSPS) is 15.2. The Morgan fingerprint density at radius 3 is 2.77 bits per heavy atom. The van der Waals surface area contributed by atoms with Gasteiger partial charge in [0.05, 0.1) is 17.0 Å². The molecule has 0 saturated carbocycles. The zero-order valence-corrected chi connectivity index (χ0v) is 18.6. The highest BCUT2D eigenvalue weighted by Gasteiger charge is 2.27. The summed E-state index contributed by atoms with van der Waals surface area (Å²) < 4.78 is 10.1. The summed E-state index contributed by atoms with van der Waals surface area (Å²) in [4.78, 5) is 37.2. The van der Waals surface area contributed by atoms with Gasteiger partial charge in [-0.05, 0) is 30.9 Å². The number of esters is 1. The number of hydrogen-bond acceptors (Lipinski definition) is 6. The quantitative estimate of drug-likeness (QED) is 0.398. The van der Waals surface area contributed by atoms with E-state index >= 15 is 0 Å². The maximum Gasteiger partial charge on any atom is 0.341 e. The number of anilines is 1. The molecule has 1 aliphatic carbocycles. The molecule has 1 atom stereocenters. The van der Waals surface area contributed by atoms with Gasteiger partial charge in [-0.2, -0.15) is 0 Å². The van der Waals surface area contributed by atoms with Crippen LogP contribution in [0.2, 0.25) is 0 Å². The lowest BCUT2D eigenvalue weighted by Crippen LogP contribution is -2.87. The van der Waals surface area contributed by atoms with Crippen LogP contribution in [0.4, 0.5) is 5.00 Å². The highest BCUT2D eigenvalue weighted by atomic mass is 32.1. The van der Waals surface area contributed by atoms with E-state index in [2.05, 4.69) is 17.4 Å². The van der Waals surface area contributed by atoms with Crippen molar-refractivity contribution in [3.05, 3.63) is 51.4 Å². The summed E-state index contributed by atoms with van der Waals surface area (Å²) in [5.74, 6) is -1.54. The van der Waals surface area contributed by atoms with Crippen LogP contribution in [0.15, 0.2) is 24.3 Å². The van der Waals surface area contributed by atoms with Crippen LogP contribution in [0, 0.1) is 6.92 Å². The molecule has 0 radical (unpaired) electrons. The minimum Gasteiger partial charge on any atom is -0.460 e. The van der Waals surface area contributed by atoms with Crippen molar-refractivity contribution in [2.45, 2.75) is 32.2 Å². The van der Waals surface area contributed by atoms with Crippen LogP contribution < -0.4 is 16.4 Å². The average Bonchev–Trinajstić information content (AvgIpc) is 3.08. The average molecular weight is 447 g/mol. The molecular weight excluding hydrogens is 418 g/mol. The van der Waals surface area contributed by atoms with Crippen molar-refractivity contribution in [3.63, 3.8) is 0 Å². The molecule has 1 heterocycles. The van der Waals surface area contributed by atoms with Crippen LogP contribution in [0.3, 0.4) is 0 Å². The minimum absolute atomic E-state index is 0.0682. The summed E-state index contributed by atoms with van der Waals surface area (Å²) in [6, 6.07) is 8.53. The molecule has 0 aliphatic heterocycles. The van der Waals surface area contributed by atoms with Gasteiger partial charge in [0.1, 0.15) is 17.6 Å². The van der Waals surface area contributed by atoms with Gasteiger partial charge < -0.3 is 25.8 Å². The Morgan fingerprint density at radius 1 is 1.26 bits per heavy atom. The summed E-state index contributed by atoms with van der Waals surface area (Å²) in [5.41, 5.74) is 8.59. The number of nitrogens with two attached hydrogens (primary N) is 2. The second kappa shape index (κ2) is 10.5. The lowest BCUT2D eigenvalue weighted by Gasteiger charge is -2.23. The van der Waals surface area contributed by atoms with E-state index in [1.54, 1.807) is 6.92 Å². The van der Waals surface area contributed by atoms with Crippen LogP contribution >= 0.6 is 11.3 Å². The lowest BCUT2D eigenvalue weighted by molar-refractivity contribution is -0.687. The number of benzene rings is 1. The zero-order valence-electron chi connectivity index (χ0n) is 17.7. The van der Waals surface area contributed by atoms with E-state index in [-0.39, 0.29) is 47.1 Å². The number of fused-ring (bicyclic) bond motifs is 1. The zero-order chi connectivity index (χ0) is 22.4. The van der Waals surface area contributed by atoms with E-state index in [0.29, 0.717) is 5.56 Å². The highest BCUT2D eigenvalue weighted by molar-refractivity contribution is 7.18. The highest BCUT2D eigenvalue weighted by Crippen LogP contribution is 2.33. The second-order valence-corrected chi connectivity index (χ2v) is 8.46. The summed E-state index contributed by atoms with van der Waals surface area (Å²) in [5, 5.41) is 5.06. The standard InChI is InChI=1S/C22H27N3O5S/c1-13-18(22(28)30-11-10-29-2)21(31-19(13)20(23)27)25-17(26)12-24-16-9-5-7-14-6-3-4-8-15(14)16/h3-4,6,8,16,24H,5,7,9-12H2,1-2H3,(H2,23,27)(H,25,26)/p+1/t16-/m0/s1. The third-order valence-corrected chi connectivity index (χ3v) is 6.57. The molecular formula is C22H28N3O5S+. The fourth-order valence-corrected chi connectivity index (χ4v) is 4.90. The van der Waals surface area contributed by atoms with Gasteiger partial charge in [0.25, 0.3) is 11.8 Å². The van der Waals surface area contributed by atoms with E-state index in [4.69, 9.17) is 15.2 Å². The Kier molecular flexibility index (Phi) is 7.78. The Labute approximate surface area is 185 Å². The van der Waals surface area contributed by atoms with E-state index in [0.717, 1.165) is 30.6 Å². The van der Waals surface area contributed by atoms with Crippen molar-refractivity contribution < 1.29 is 29.2 Å². The largest absolute Gasteiger partial charge is 0.460 e. The predicted molar refractivity (Wildman–Crippen MR) is 117 cm³/mol. The number of quaternary nitrogens is 1. The van der Waals surface area contributed by atoms with Gasteiger partial charge in [-0.1, -0.05) is 24.3 Å². The molecule has 9 heteroatoms. The first-order valence-corrected chi connectivity index (χ1v) is 11.0. The van der Waals surface area contributed by atoms with E-state index in [1.165, 1.54) is 18.2 Å². The summed E-state index contributed by atoms with van der Waals surface area (Å²) >= 11 is 0.988. The first-order valence-electron chi connectivity index (χ1n) is 10.2. The van der Waals surface area contributed by atoms with Crippen LogP contribution in [0.5, 0.6) is 0 Å². The van der Waals surface area contributed by atoms with Gasteiger partial charge in [0.15, 0.2) is 6.54 Å². The van der Waals surface area contributed by atoms with E-state index in [9.17, 15) is 14.4 Å². The van der Waals surface area contributed by atoms with Crippen LogP contribution in [-0.4, -0.2) is 44.7 Å². The number of aryl methyl sites for hydroxylation is 1. The van der Waals surface area contributed by atoms with Gasteiger partial charge in [0, 0.05) is 19.1 Å². The number of ether oxygens (including phenoxy) is 2. The van der Waals surface area contributed by atoms with Crippen molar-refractivity contribution >= 4 is 34.1 Å². The Hall–Kier alpha value is -2.75. The first-order chi connectivity index (χ1) is 14.9. The molecule has 8 nitrogen and oxygen atoms in total. The smallest absolute Gasteiger partial charge is 0.341 e. The van der Waals surface area contributed by atoms with Crippen molar-refractivity contribution in [1.29, 1.82) is 0 Å². The molecule has 1 aliphatic rings. The molecule has 0 saturated heterocycles. The van der Waals surface area contributed by atoms with Crippen molar-refractivity contribution in [3.8, 4) is 0 Å². The topological polar surface area (TPSA) is 124 Å². The van der Waals surface area contributed by atoms with Crippen molar-refractivity contribution in [2.24, 2.45) is 5.73 Å². The molecule has 5 N–H and O–H groups in total. The monoisotopic (exact) mass is 446 g/mol. The third-order valence-electron chi connectivity index (χ3n) is 5.35. The number of methoxy groups -OCH3 is 1. The lowest BCUT2D eigenvalue weighted by atomic mass is 9.88. The van der Waals surface area contributed by atoms with Gasteiger partial charge >= 0.3 is 5.97 Å². The van der Waals surface area contributed by atoms with Gasteiger partial charge in [0.2, 0.25) is 0 Å². The number of nitrogens with one attached hydrogen (secondary N) is 1. The Balaban J connectivity index is 1.70. The molecule has 1 aromatic carbocycles. The molecule has 3 rings (SSSR count). The van der Waals surface area contributed by atoms with Crippen LogP contribution in [-0.2, 0) is 20.7 Å². The number of primary amides is 1. The molecule has 0 spiro atoms. The minimum atomic E-state index is -0.653. The number of rotatable bonds is 9. The fraction of sp³-hybridized carbons (Fsp3) is 0.409. The number of carbonyl (C=O) groups is 3. The molecule has 0 bridgehead atoms. The Morgan fingerprint density at radius 2 is 2.03 bits per heavy atom. The fourth-order valence-electron chi connectivity index (χ4n) is 3.84. The maximum absolute atomic E-state index is 12.7. The molecule has 0 fully saturated rings. The SMILES string of the molecule is COCCOC(=O)c1c(NC(=O)C[NH2+][C@H]2CCCc3ccccc32)sc(C(N)=O)c1C. The molecule has 166 valence electrons. The predicted octanol–water partition coefficient (Wildman–Crippen LogP) is 1.54. The first kappa shape index (κ1) is 22.9. The van der Waals surface area contributed by atoms with E-state index < -0.39 is 11.9 Å². The number of hydrogen-bond donors (Lipinski definition) is 3. The molecule has 0 unspecified atom stereocenters. The molecule has 2 aromatic rings. The number of carbonyl (C=O) groups excluding carboxylic acids is 3. The van der Waals surface area contributed by atoms with Crippen molar-refractivity contribution in [1.82, 2.24) is 0 Å².